The van der Waals surface area contributed by atoms with Crippen LogP contribution in [0.1, 0.15) is 28.9 Å². The van der Waals surface area contributed by atoms with Crippen molar-refractivity contribution in [2.75, 3.05) is 20.2 Å². The van der Waals surface area contributed by atoms with Gasteiger partial charge < -0.3 is 19.6 Å². The van der Waals surface area contributed by atoms with Crippen LogP contribution < -0.4 is 10.2 Å². The Morgan fingerprint density at radius 1 is 1.31 bits per heavy atom. The molecule has 0 bridgehead atoms. The number of piperidine rings is 1. The molecule has 1 aromatic carbocycles. The largest absolute Gasteiger partial charge is 0.503 e. The molecule has 1 fully saturated rings. The van der Waals surface area contributed by atoms with Crippen LogP contribution in [0, 0.1) is 0 Å². The number of nitrogens with one attached hydrogen (secondary N) is 1. The highest BCUT2D eigenvalue weighted by molar-refractivity contribution is 5.89. The van der Waals surface area contributed by atoms with Gasteiger partial charge in [-0.3, -0.25) is 9.69 Å². The van der Waals surface area contributed by atoms with Crippen molar-refractivity contribution >= 4 is 5.97 Å². The fraction of sp³-hybridized carbons (Fsp3) is 0.368. The summed E-state index contributed by atoms with van der Waals surface area (Å²) >= 11 is 0. The van der Waals surface area contributed by atoms with Gasteiger partial charge >= 0.3 is 5.97 Å². The Morgan fingerprint density at radius 3 is 2.77 bits per heavy atom. The third kappa shape index (κ3) is 4.43. The number of likely N-dealkylation sites (tertiary alicyclic amines) is 1. The smallest absolute Gasteiger partial charge is 0.337 e. The number of hydrogen-bond donors (Lipinski definition) is 2. The molecule has 26 heavy (non-hydrogen) atoms. The summed E-state index contributed by atoms with van der Waals surface area (Å²) in [4.78, 5) is 28.2. The maximum atomic E-state index is 11.6. The van der Waals surface area contributed by atoms with Gasteiger partial charge in [0.25, 0.3) is 0 Å². The minimum atomic E-state index is -0.381. The summed E-state index contributed by atoms with van der Waals surface area (Å²) in [5, 5.41) is 9.29. The van der Waals surface area contributed by atoms with E-state index in [4.69, 9.17) is 9.47 Å². The van der Waals surface area contributed by atoms with Crippen molar-refractivity contribution in [1.29, 1.82) is 0 Å². The van der Waals surface area contributed by atoms with Crippen molar-refractivity contribution in [1.82, 2.24) is 9.88 Å². The van der Waals surface area contributed by atoms with Crippen LogP contribution in [0.25, 0.3) is 0 Å². The quantitative estimate of drug-likeness (QED) is 0.794. The summed E-state index contributed by atoms with van der Waals surface area (Å²) in [6.45, 7) is 2.30. The third-order valence-electron chi connectivity index (χ3n) is 4.44. The van der Waals surface area contributed by atoms with Crippen molar-refractivity contribution in [2.45, 2.75) is 25.5 Å². The van der Waals surface area contributed by atoms with Crippen LogP contribution in [0.3, 0.4) is 0 Å². The van der Waals surface area contributed by atoms with E-state index in [0.29, 0.717) is 17.9 Å². The van der Waals surface area contributed by atoms with Crippen molar-refractivity contribution in [3.8, 4) is 11.5 Å². The highest BCUT2D eigenvalue weighted by Gasteiger charge is 2.21. The van der Waals surface area contributed by atoms with E-state index in [9.17, 15) is 14.7 Å². The van der Waals surface area contributed by atoms with E-state index in [0.717, 1.165) is 31.6 Å². The standard InChI is InChI=1S/C19H22N2O5/c1-25-19(24)13-3-2-4-16(9-13)26-15-5-7-21(8-6-15)12-14-10-17(22)18(23)11-20-14/h2-4,9-11,15,23H,5-8,12H2,1H3,(H,20,22). The number of ether oxygens (including phenoxy) is 2. The lowest BCUT2D eigenvalue weighted by Gasteiger charge is -2.32. The third-order valence-corrected chi connectivity index (χ3v) is 4.44. The van der Waals surface area contributed by atoms with Gasteiger partial charge in [-0.2, -0.15) is 0 Å². The van der Waals surface area contributed by atoms with Gasteiger partial charge in [0.05, 0.1) is 12.7 Å². The first kappa shape index (κ1) is 18.0. The maximum absolute atomic E-state index is 11.6. The van der Waals surface area contributed by atoms with Gasteiger partial charge in [0.15, 0.2) is 5.75 Å². The average molecular weight is 358 g/mol. The Hall–Kier alpha value is -2.80. The molecule has 0 amide bonds. The van der Waals surface area contributed by atoms with E-state index in [1.807, 2.05) is 6.07 Å². The van der Waals surface area contributed by atoms with E-state index in [1.165, 1.54) is 19.4 Å². The number of hydrogen-bond acceptors (Lipinski definition) is 6. The first-order chi connectivity index (χ1) is 12.5. The van der Waals surface area contributed by atoms with Gasteiger partial charge in [0.1, 0.15) is 11.9 Å². The second kappa shape index (κ2) is 8.05. The number of aromatic hydroxyl groups is 1. The molecule has 0 radical (unpaired) electrons. The van der Waals surface area contributed by atoms with Crippen molar-refractivity contribution in [2.24, 2.45) is 0 Å². The van der Waals surface area contributed by atoms with E-state index in [-0.39, 0.29) is 23.3 Å². The van der Waals surface area contributed by atoms with E-state index in [2.05, 4.69) is 9.88 Å². The Kier molecular flexibility index (Phi) is 5.58. The highest BCUT2D eigenvalue weighted by atomic mass is 16.5. The molecule has 1 aliphatic rings. The van der Waals surface area contributed by atoms with Crippen LogP contribution in [0.4, 0.5) is 0 Å². The Bertz CT molecular complexity index is 825. The summed E-state index contributed by atoms with van der Waals surface area (Å²) in [6.07, 6.45) is 3.11. The molecule has 2 N–H and O–H groups in total. The number of rotatable bonds is 5. The van der Waals surface area contributed by atoms with Gasteiger partial charge in [0.2, 0.25) is 5.43 Å². The zero-order valence-electron chi connectivity index (χ0n) is 14.6. The zero-order valence-corrected chi connectivity index (χ0v) is 14.6. The first-order valence-corrected chi connectivity index (χ1v) is 8.53. The molecule has 0 atom stereocenters. The van der Waals surface area contributed by atoms with Crippen LogP contribution in [-0.2, 0) is 11.3 Å². The fourth-order valence-corrected chi connectivity index (χ4v) is 3.03. The van der Waals surface area contributed by atoms with Crippen LogP contribution in [0.2, 0.25) is 0 Å². The molecule has 2 heterocycles. The summed E-state index contributed by atoms with van der Waals surface area (Å²) < 4.78 is 10.7. The molecule has 7 heteroatoms. The van der Waals surface area contributed by atoms with E-state index >= 15 is 0 Å². The summed E-state index contributed by atoms with van der Waals surface area (Å²) in [6, 6.07) is 8.42. The number of methoxy groups -OCH3 is 1. The second-order valence-corrected chi connectivity index (χ2v) is 6.32. The van der Waals surface area contributed by atoms with Crippen molar-refractivity contribution in [3.63, 3.8) is 0 Å². The summed E-state index contributed by atoms with van der Waals surface area (Å²) in [5.74, 6) is 0.0115. The van der Waals surface area contributed by atoms with Crippen LogP contribution in [-0.4, -0.2) is 47.3 Å². The van der Waals surface area contributed by atoms with Gasteiger partial charge in [-0.1, -0.05) is 6.07 Å². The Labute approximate surface area is 151 Å². The molecule has 0 unspecified atom stereocenters. The molecular formula is C19H22N2O5. The topological polar surface area (TPSA) is 91.9 Å². The number of nitrogens with zero attached hydrogens (tertiary/aromatic N) is 1. The van der Waals surface area contributed by atoms with E-state index < -0.39 is 0 Å². The van der Waals surface area contributed by atoms with E-state index in [1.54, 1.807) is 18.2 Å². The molecule has 138 valence electrons. The molecular weight excluding hydrogens is 336 g/mol. The van der Waals surface area contributed by atoms with Gasteiger partial charge in [-0.15, -0.1) is 0 Å². The van der Waals surface area contributed by atoms with Crippen molar-refractivity contribution < 1.29 is 19.4 Å². The lowest BCUT2D eigenvalue weighted by molar-refractivity contribution is 0.0598. The molecule has 1 saturated heterocycles. The second-order valence-electron chi connectivity index (χ2n) is 6.32. The number of H-pyrrole nitrogens is 1. The molecule has 0 saturated carbocycles. The van der Waals surface area contributed by atoms with Crippen LogP contribution >= 0.6 is 0 Å². The van der Waals surface area contributed by atoms with Crippen LogP contribution in [0.15, 0.2) is 41.3 Å². The number of carbonyl (C=O) groups excluding carboxylic acids is 1. The normalized spacial score (nSPS) is 15.6. The highest BCUT2D eigenvalue weighted by Crippen LogP contribution is 2.21. The molecule has 1 aromatic heterocycles. The molecule has 1 aliphatic heterocycles. The molecule has 2 aromatic rings. The SMILES string of the molecule is COC(=O)c1cccc(OC2CCN(Cc3cc(=O)c(O)c[nH]3)CC2)c1. The Balaban J connectivity index is 1.53. The van der Waals surface area contributed by atoms with Crippen molar-refractivity contribution in [3.05, 3.63) is 58.0 Å². The molecule has 0 spiro atoms. The minimum absolute atomic E-state index is 0.0815. The van der Waals surface area contributed by atoms with Gasteiger partial charge in [-0.25, -0.2) is 4.79 Å². The molecule has 3 rings (SSSR count). The van der Waals surface area contributed by atoms with Gasteiger partial charge in [-0.05, 0) is 31.0 Å². The molecule has 7 nitrogen and oxygen atoms in total. The first-order valence-electron chi connectivity index (χ1n) is 8.53. The maximum Gasteiger partial charge on any atom is 0.337 e. The number of benzene rings is 1. The summed E-state index contributed by atoms with van der Waals surface area (Å²) in [5.41, 5.74) is 0.874. The number of esters is 1. The predicted octanol–water partition coefficient (Wildman–Crippen LogP) is 1.91. The molecule has 0 aliphatic carbocycles. The predicted molar refractivity (Wildman–Crippen MR) is 95.4 cm³/mol. The summed E-state index contributed by atoms with van der Waals surface area (Å²) in [7, 11) is 1.35. The zero-order chi connectivity index (χ0) is 18.5. The number of aromatic amines is 1. The number of aromatic nitrogens is 1. The number of pyridine rings is 1. The monoisotopic (exact) mass is 358 g/mol. The van der Waals surface area contributed by atoms with Gasteiger partial charge in [0, 0.05) is 37.6 Å². The average Bonchev–Trinajstić information content (AvgIpc) is 2.66. The van der Waals surface area contributed by atoms with Crippen LogP contribution in [0.5, 0.6) is 11.5 Å². The number of carbonyl (C=O) groups is 1. The Morgan fingerprint density at radius 2 is 2.08 bits per heavy atom. The minimum Gasteiger partial charge on any atom is -0.503 e. The lowest BCUT2D eigenvalue weighted by Crippen LogP contribution is -2.38. The fourth-order valence-electron chi connectivity index (χ4n) is 3.03. The lowest BCUT2D eigenvalue weighted by atomic mass is 10.1.